The van der Waals surface area contributed by atoms with Crippen molar-refractivity contribution in [3.8, 4) is 0 Å². The van der Waals surface area contributed by atoms with Gasteiger partial charge < -0.3 is 10.7 Å². The Balaban J connectivity index is 2.93. The Hall–Kier alpha value is -1.51. The van der Waals surface area contributed by atoms with Gasteiger partial charge in [0.25, 0.3) is 0 Å². The minimum Gasteiger partial charge on any atom is -0.396 e. The molecule has 2 rings (SSSR count). The number of nitrogens with one attached hydrogen (secondary N) is 1. The zero-order valence-corrected chi connectivity index (χ0v) is 5.76. The second-order valence-corrected chi connectivity index (χ2v) is 2.41. The number of halogens is 1. The maximum Gasteiger partial charge on any atom is 0.170 e. The van der Waals surface area contributed by atoms with Gasteiger partial charge in [-0.2, -0.15) is 0 Å². The lowest BCUT2D eigenvalue weighted by Crippen LogP contribution is -1.89. The van der Waals surface area contributed by atoms with Gasteiger partial charge in [0.05, 0.1) is 11.2 Å². The first kappa shape index (κ1) is 6.22. The lowest BCUT2D eigenvalue weighted by molar-refractivity contribution is 0.642. The van der Waals surface area contributed by atoms with E-state index in [1.807, 2.05) is 0 Å². The fourth-order valence-corrected chi connectivity index (χ4v) is 1.11. The van der Waals surface area contributed by atoms with Crippen molar-refractivity contribution in [3.63, 3.8) is 0 Å². The number of fused-ring (bicyclic) bond motifs is 1. The highest BCUT2D eigenvalue weighted by Gasteiger charge is 2.03. The SMILES string of the molecule is Nc1ccc2cc[nH]c2c1F. The van der Waals surface area contributed by atoms with E-state index >= 15 is 0 Å². The molecule has 0 atom stereocenters. The molecule has 3 heteroatoms. The van der Waals surface area contributed by atoms with Crippen LogP contribution in [0.3, 0.4) is 0 Å². The molecule has 0 saturated carbocycles. The molecule has 0 aliphatic heterocycles. The molecule has 1 heterocycles. The summed E-state index contributed by atoms with van der Waals surface area (Å²) in [6.07, 6.45) is 1.69. The summed E-state index contributed by atoms with van der Waals surface area (Å²) in [7, 11) is 0. The van der Waals surface area contributed by atoms with E-state index in [1.165, 1.54) is 0 Å². The Bertz CT molecular complexity index is 392. The molecule has 1 aromatic carbocycles. The van der Waals surface area contributed by atoms with Crippen LogP contribution in [0.15, 0.2) is 24.4 Å². The molecule has 56 valence electrons. The van der Waals surface area contributed by atoms with Crippen LogP contribution in [-0.4, -0.2) is 4.98 Å². The quantitative estimate of drug-likeness (QED) is 0.553. The number of nitrogen functional groups attached to an aromatic ring is 1. The molecular weight excluding hydrogens is 143 g/mol. The molecule has 0 unspecified atom stereocenters. The summed E-state index contributed by atoms with van der Waals surface area (Å²) >= 11 is 0. The zero-order chi connectivity index (χ0) is 7.84. The van der Waals surface area contributed by atoms with E-state index in [2.05, 4.69) is 4.98 Å². The molecule has 11 heavy (non-hydrogen) atoms. The van der Waals surface area contributed by atoms with E-state index in [4.69, 9.17) is 5.73 Å². The molecule has 0 saturated heterocycles. The number of hydrogen-bond donors (Lipinski definition) is 2. The molecule has 0 aliphatic rings. The van der Waals surface area contributed by atoms with Crippen LogP contribution in [0.25, 0.3) is 10.9 Å². The van der Waals surface area contributed by atoms with Crippen LogP contribution in [0.5, 0.6) is 0 Å². The minimum absolute atomic E-state index is 0.181. The van der Waals surface area contributed by atoms with Crippen molar-refractivity contribution < 1.29 is 4.39 Å². The number of H-pyrrole nitrogens is 1. The fraction of sp³-hybridized carbons (Fsp3) is 0. The van der Waals surface area contributed by atoms with Gasteiger partial charge in [0.15, 0.2) is 5.82 Å². The van der Waals surface area contributed by atoms with Gasteiger partial charge in [0.1, 0.15) is 0 Å². The first-order valence-corrected chi connectivity index (χ1v) is 3.30. The Morgan fingerprint density at radius 2 is 2.09 bits per heavy atom. The second-order valence-electron chi connectivity index (χ2n) is 2.41. The van der Waals surface area contributed by atoms with Crippen molar-refractivity contribution in [2.24, 2.45) is 0 Å². The second kappa shape index (κ2) is 1.99. The maximum absolute atomic E-state index is 13.1. The third-order valence-electron chi connectivity index (χ3n) is 1.69. The summed E-state index contributed by atoms with van der Waals surface area (Å²) in [4.78, 5) is 2.77. The highest BCUT2D eigenvalue weighted by Crippen LogP contribution is 2.20. The highest BCUT2D eigenvalue weighted by molar-refractivity contribution is 5.83. The molecule has 0 spiro atoms. The standard InChI is InChI=1S/C8H7FN2/c9-7-6(10)2-1-5-3-4-11-8(5)7/h1-4,11H,10H2. The Labute approximate surface area is 62.8 Å². The largest absolute Gasteiger partial charge is 0.396 e. The van der Waals surface area contributed by atoms with E-state index in [1.54, 1.807) is 24.4 Å². The number of rotatable bonds is 0. The first-order chi connectivity index (χ1) is 5.29. The van der Waals surface area contributed by atoms with Crippen molar-refractivity contribution in [2.45, 2.75) is 0 Å². The van der Waals surface area contributed by atoms with Gasteiger partial charge in [-0.1, -0.05) is 6.07 Å². The molecule has 1 aromatic heterocycles. The van der Waals surface area contributed by atoms with E-state index in [9.17, 15) is 4.39 Å². The van der Waals surface area contributed by atoms with Gasteiger partial charge in [-0.3, -0.25) is 0 Å². The minimum atomic E-state index is -0.368. The Kier molecular flexibility index (Phi) is 1.12. The molecular formula is C8H7FN2. The van der Waals surface area contributed by atoms with E-state index in [0.29, 0.717) is 5.52 Å². The number of nitrogens with two attached hydrogens (primary N) is 1. The normalized spacial score (nSPS) is 10.6. The van der Waals surface area contributed by atoms with Crippen molar-refractivity contribution in [1.29, 1.82) is 0 Å². The van der Waals surface area contributed by atoms with Gasteiger partial charge >= 0.3 is 0 Å². The number of anilines is 1. The Morgan fingerprint density at radius 3 is 2.91 bits per heavy atom. The fourth-order valence-electron chi connectivity index (χ4n) is 1.11. The first-order valence-electron chi connectivity index (χ1n) is 3.30. The predicted molar refractivity (Wildman–Crippen MR) is 42.7 cm³/mol. The topological polar surface area (TPSA) is 41.8 Å². The lowest BCUT2D eigenvalue weighted by Gasteiger charge is -1.95. The third kappa shape index (κ3) is 0.774. The summed E-state index contributed by atoms with van der Waals surface area (Å²) in [6, 6.07) is 5.15. The molecule has 0 aliphatic carbocycles. The third-order valence-corrected chi connectivity index (χ3v) is 1.69. The van der Waals surface area contributed by atoms with Crippen molar-refractivity contribution in [1.82, 2.24) is 4.98 Å². The smallest absolute Gasteiger partial charge is 0.170 e. The van der Waals surface area contributed by atoms with Gasteiger partial charge in [-0.15, -0.1) is 0 Å². The van der Waals surface area contributed by atoms with Crippen molar-refractivity contribution in [2.75, 3.05) is 5.73 Å². The molecule has 2 nitrogen and oxygen atoms in total. The summed E-state index contributed by atoms with van der Waals surface area (Å²) in [5, 5.41) is 0.844. The lowest BCUT2D eigenvalue weighted by atomic mass is 10.2. The summed E-state index contributed by atoms with van der Waals surface area (Å²) in [6.45, 7) is 0. The number of aromatic amines is 1. The van der Waals surface area contributed by atoms with Crippen LogP contribution < -0.4 is 5.73 Å². The van der Waals surface area contributed by atoms with Crippen LogP contribution >= 0.6 is 0 Å². The Morgan fingerprint density at radius 1 is 1.27 bits per heavy atom. The van der Waals surface area contributed by atoms with E-state index in [-0.39, 0.29) is 11.5 Å². The van der Waals surface area contributed by atoms with Gasteiger partial charge in [0, 0.05) is 11.6 Å². The number of aromatic nitrogens is 1. The molecule has 0 amide bonds. The van der Waals surface area contributed by atoms with Gasteiger partial charge in [-0.05, 0) is 12.1 Å². The van der Waals surface area contributed by atoms with E-state index < -0.39 is 0 Å². The molecule has 0 bridgehead atoms. The zero-order valence-electron chi connectivity index (χ0n) is 5.76. The van der Waals surface area contributed by atoms with Gasteiger partial charge in [0.2, 0.25) is 0 Å². The summed E-state index contributed by atoms with van der Waals surface area (Å²) in [5.74, 6) is -0.368. The molecule has 0 fully saturated rings. The molecule has 3 N–H and O–H groups in total. The number of hydrogen-bond acceptors (Lipinski definition) is 1. The molecule has 2 aromatic rings. The van der Waals surface area contributed by atoms with Crippen LogP contribution in [0, 0.1) is 5.82 Å². The predicted octanol–water partition coefficient (Wildman–Crippen LogP) is 1.89. The molecule has 0 radical (unpaired) electrons. The van der Waals surface area contributed by atoms with Crippen LogP contribution in [0.2, 0.25) is 0 Å². The monoisotopic (exact) mass is 150 g/mol. The number of benzene rings is 1. The average Bonchev–Trinajstić information content (AvgIpc) is 2.45. The van der Waals surface area contributed by atoms with Crippen molar-refractivity contribution >= 4 is 16.6 Å². The van der Waals surface area contributed by atoms with Crippen LogP contribution in [0.4, 0.5) is 10.1 Å². The van der Waals surface area contributed by atoms with E-state index in [0.717, 1.165) is 5.39 Å². The van der Waals surface area contributed by atoms with Crippen LogP contribution in [-0.2, 0) is 0 Å². The van der Waals surface area contributed by atoms with Crippen molar-refractivity contribution in [3.05, 3.63) is 30.2 Å². The summed E-state index contributed by atoms with van der Waals surface area (Å²) < 4.78 is 13.1. The maximum atomic E-state index is 13.1. The van der Waals surface area contributed by atoms with Crippen LogP contribution in [0.1, 0.15) is 0 Å². The highest BCUT2D eigenvalue weighted by atomic mass is 19.1. The summed E-state index contributed by atoms with van der Waals surface area (Å²) in [5.41, 5.74) is 6.01. The average molecular weight is 150 g/mol. The van der Waals surface area contributed by atoms with Gasteiger partial charge in [-0.25, -0.2) is 4.39 Å².